The Kier molecular flexibility index (Phi) is 45.2. The number of aliphatic hydroxyl groups excluding tert-OH is 1. The van der Waals surface area contributed by atoms with Crippen molar-refractivity contribution in [2.24, 2.45) is 0 Å². The zero-order valence-electron chi connectivity index (χ0n) is 37.6. The summed E-state index contributed by atoms with van der Waals surface area (Å²) in [6.07, 6.45) is 76.1. The lowest BCUT2D eigenvalue weighted by Gasteiger charge is -2.15. The van der Waals surface area contributed by atoms with Crippen molar-refractivity contribution in [2.75, 3.05) is 13.2 Å². The Morgan fingerprint density at radius 1 is 0.383 bits per heavy atom. The molecule has 0 fully saturated rings. The van der Waals surface area contributed by atoms with Gasteiger partial charge in [-0.1, -0.05) is 191 Å². The van der Waals surface area contributed by atoms with Crippen molar-refractivity contribution in [1.82, 2.24) is 0 Å². The summed E-state index contributed by atoms with van der Waals surface area (Å²) in [6, 6.07) is 0. The van der Waals surface area contributed by atoms with E-state index in [0.29, 0.717) is 12.8 Å². The molecule has 5 nitrogen and oxygen atoms in total. The van der Waals surface area contributed by atoms with Crippen LogP contribution < -0.4 is 0 Å². The van der Waals surface area contributed by atoms with Crippen LogP contribution in [0, 0.1) is 0 Å². The molecule has 5 heteroatoms. The van der Waals surface area contributed by atoms with Gasteiger partial charge in [-0.05, 0) is 109 Å². The number of carbonyl (C=O) groups is 2. The lowest BCUT2D eigenvalue weighted by molar-refractivity contribution is -0.161. The highest BCUT2D eigenvalue weighted by Crippen LogP contribution is 2.10. The lowest BCUT2D eigenvalue weighted by atomic mass is 10.1. The number of esters is 2. The van der Waals surface area contributed by atoms with Crippen LogP contribution in [0.1, 0.15) is 155 Å². The first kappa shape index (κ1) is 55.5. The number of aliphatic hydroxyl groups is 1. The van der Waals surface area contributed by atoms with E-state index in [1.807, 2.05) is 12.2 Å². The van der Waals surface area contributed by atoms with Crippen LogP contribution in [-0.4, -0.2) is 36.4 Å². The largest absolute Gasteiger partial charge is 0.462 e. The highest BCUT2D eigenvalue weighted by molar-refractivity contribution is 5.70. The van der Waals surface area contributed by atoms with Gasteiger partial charge in [-0.25, -0.2) is 0 Å². The minimum absolute atomic E-state index is 0.127. The molecule has 0 saturated carbocycles. The van der Waals surface area contributed by atoms with Gasteiger partial charge in [0.1, 0.15) is 6.61 Å². The van der Waals surface area contributed by atoms with E-state index in [9.17, 15) is 14.7 Å². The molecule has 0 aliphatic carbocycles. The Morgan fingerprint density at radius 2 is 0.700 bits per heavy atom. The second-order valence-corrected chi connectivity index (χ2v) is 14.4. The van der Waals surface area contributed by atoms with Crippen molar-refractivity contribution in [3.63, 3.8) is 0 Å². The Morgan fingerprint density at radius 3 is 1.07 bits per heavy atom. The van der Waals surface area contributed by atoms with Crippen LogP contribution in [-0.2, 0) is 19.1 Å². The van der Waals surface area contributed by atoms with E-state index < -0.39 is 6.10 Å². The predicted molar refractivity (Wildman–Crippen MR) is 260 cm³/mol. The first-order valence-corrected chi connectivity index (χ1v) is 23.0. The van der Waals surface area contributed by atoms with E-state index in [1.165, 1.54) is 0 Å². The molecule has 0 saturated heterocycles. The molecule has 1 N–H and O–H groups in total. The minimum Gasteiger partial charge on any atom is -0.462 e. The fraction of sp³-hybridized carbons (Fsp3) is 0.491. The van der Waals surface area contributed by atoms with Crippen molar-refractivity contribution in [3.05, 3.63) is 158 Å². The molecule has 0 aliphatic heterocycles. The molecule has 0 aromatic carbocycles. The topological polar surface area (TPSA) is 72.8 Å². The number of carbonyl (C=O) groups excluding carboxylic acids is 2. The number of rotatable bonds is 39. The summed E-state index contributed by atoms with van der Waals surface area (Å²) < 4.78 is 10.6. The SMILES string of the molecule is CC/C=C\C/C=C\C/C=C\C/C=C\C/C=C\C/C=C\C/C=C\CCCCCCCC(=O)OC(CO)COC(=O)CC/C=C\C/C=C\C/C=C\C/C=C\C/C=C\C/C=C\CC. The molecular weight excluding hydrogens is 741 g/mol. The molecule has 0 rings (SSSR count). The summed E-state index contributed by atoms with van der Waals surface area (Å²) in [5.74, 6) is -0.729. The molecule has 1 unspecified atom stereocenters. The maximum atomic E-state index is 12.2. The number of ether oxygens (including phenoxy) is 2. The zero-order chi connectivity index (χ0) is 43.5. The van der Waals surface area contributed by atoms with E-state index in [4.69, 9.17) is 9.47 Å². The quantitative estimate of drug-likeness (QED) is 0.0380. The first-order chi connectivity index (χ1) is 29.6. The van der Waals surface area contributed by atoms with Crippen LogP contribution in [0.15, 0.2) is 158 Å². The highest BCUT2D eigenvalue weighted by atomic mass is 16.6. The van der Waals surface area contributed by atoms with Crippen molar-refractivity contribution in [3.8, 4) is 0 Å². The third-order valence-electron chi connectivity index (χ3n) is 8.83. The highest BCUT2D eigenvalue weighted by Gasteiger charge is 2.15. The van der Waals surface area contributed by atoms with Gasteiger partial charge >= 0.3 is 11.9 Å². The van der Waals surface area contributed by atoms with Crippen LogP contribution in [0.4, 0.5) is 0 Å². The Hall–Kier alpha value is -4.48. The fourth-order valence-electron chi connectivity index (χ4n) is 5.44. The van der Waals surface area contributed by atoms with Gasteiger partial charge in [-0.3, -0.25) is 9.59 Å². The third kappa shape index (κ3) is 46.2. The van der Waals surface area contributed by atoms with Gasteiger partial charge in [0.25, 0.3) is 0 Å². The van der Waals surface area contributed by atoms with Crippen LogP contribution in [0.2, 0.25) is 0 Å². The minimum atomic E-state index is -0.827. The molecule has 0 aliphatic rings. The van der Waals surface area contributed by atoms with Gasteiger partial charge in [0.05, 0.1) is 6.61 Å². The summed E-state index contributed by atoms with van der Waals surface area (Å²) >= 11 is 0. The Labute approximate surface area is 367 Å². The van der Waals surface area contributed by atoms with Gasteiger partial charge in [-0.2, -0.15) is 0 Å². The van der Waals surface area contributed by atoms with Gasteiger partial charge in [0.15, 0.2) is 6.10 Å². The Balaban J connectivity index is 3.76. The molecule has 0 bridgehead atoms. The maximum absolute atomic E-state index is 12.2. The third-order valence-corrected chi connectivity index (χ3v) is 8.83. The summed E-state index contributed by atoms with van der Waals surface area (Å²) in [7, 11) is 0. The van der Waals surface area contributed by atoms with Gasteiger partial charge in [-0.15, -0.1) is 0 Å². The number of hydrogen-bond donors (Lipinski definition) is 1. The predicted octanol–water partition coefficient (Wildman–Crippen LogP) is 15.3. The van der Waals surface area contributed by atoms with Crippen LogP contribution in [0.25, 0.3) is 0 Å². The summed E-state index contributed by atoms with van der Waals surface area (Å²) in [5, 5.41) is 9.59. The van der Waals surface area contributed by atoms with E-state index in [0.717, 1.165) is 122 Å². The summed E-state index contributed by atoms with van der Waals surface area (Å²) in [5.41, 5.74) is 0. The van der Waals surface area contributed by atoms with E-state index in [-0.39, 0.29) is 31.6 Å². The first-order valence-electron chi connectivity index (χ1n) is 23.0. The van der Waals surface area contributed by atoms with Gasteiger partial charge in [0.2, 0.25) is 0 Å². The maximum Gasteiger partial charge on any atom is 0.306 e. The number of allylic oxidation sites excluding steroid dienone is 26. The average Bonchev–Trinajstić information content (AvgIpc) is 3.25. The molecule has 0 amide bonds. The van der Waals surface area contributed by atoms with E-state index in [2.05, 4.69) is 160 Å². The molecule has 0 aromatic heterocycles. The van der Waals surface area contributed by atoms with Crippen molar-refractivity contribution < 1.29 is 24.2 Å². The van der Waals surface area contributed by atoms with Crippen molar-refractivity contribution in [2.45, 2.75) is 161 Å². The molecule has 0 radical (unpaired) electrons. The number of unbranched alkanes of at least 4 members (excludes halogenated alkanes) is 5. The smallest absolute Gasteiger partial charge is 0.306 e. The molecule has 0 aromatic rings. The molecular formula is C55H82O5. The van der Waals surface area contributed by atoms with Gasteiger partial charge < -0.3 is 14.6 Å². The number of hydrogen-bond acceptors (Lipinski definition) is 5. The van der Waals surface area contributed by atoms with E-state index >= 15 is 0 Å². The van der Waals surface area contributed by atoms with E-state index in [1.54, 1.807) is 0 Å². The van der Waals surface area contributed by atoms with Crippen molar-refractivity contribution in [1.29, 1.82) is 0 Å². The summed E-state index contributed by atoms with van der Waals surface area (Å²) in [6.45, 7) is 3.80. The molecule has 332 valence electrons. The Bertz CT molecular complexity index is 1390. The fourth-order valence-corrected chi connectivity index (χ4v) is 5.44. The summed E-state index contributed by atoms with van der Waals surface area (Å²) in [4.78, 5) is 24.3. The van der Waals surface area contributed by atoms with Crippen LogP contribution >= 0.6 is 0 Å². The average molecular weight is 823 g/mol. The standard InChI is InChI=1S/C55H82O5/c1-3-5-7-9-11-13-15-17-19-21-23-24-25-26-27-28-29-30-32-34-36-38-40-42-44-46-48-50-55(58)60-53(51-56)52-59-54(57)49-47-45-43-41-39-37-35-33-31-22-20-18-16-14-12-10-8-6-4-2/h5-8,11-14,17-20,23-24,26-27,29-31,33-34,36-37,39,43,45,53,56H,3-4,9-10,15-16,21-22,25,28,32,35,38,40-42,44,46-52H2,1-2H3/b7-5-,8-6-,13-11-,14-12-,19-17-,20-18-,24-23-,27-26-,30-29-,33-31-,36-34-,39-37-,45-43-. The lowest BCUT2D eigenvalue weighted by Crippen LogP contribution is -2.28. The molecule has 60 heavy (non-hydrogen) atoms. The van der Waals surface area contributed by atoms with Crippen LogP contribution in [0.5, 0.6) is 0 Å². The molecule has 0 heterocycles. The normalized spacial score (nSPS) is 13.7. The molecule has 0 spiro atoms. The zero-order valence-corrected chi connectivity index (χ0v) is 37.6. The van der Waals surface area contributed by atoms with Crippen molar-refractivity contribution >= 4 is 11.9 Å². The second kappa shape index (κ2) is 48.9. The molecule has 1 atom stereocenters. The monoisotopic (exact) mass is 823 g/mol. The van der Waals surface area contributed by atoms with Crippen LogP contribution in [0.3, 0.4) is 0 Å². The van der Waals surface area contributed by atoms with Gasteiger partial charge in [0, 0.05) is 12.8 Å². The second-order valence-electron chi connectivity index (χ2n) is 14.4.